The first-order valence-corrected chi connectivity index (χ1v) is 54.1. The monoisotopic (exact) mass is 2030 g/mol. The lowest BCUT2D eigenvalue weighted by atomic mass is 9.87. The number of ketones is 4. The highest BCUT2D eigenvalue weighted by Gasteiger charge is 2.55. The van der Waals surface area contributed by atoms with E-state index in [2.05, 4.69) is 43.6 Å². The maximum absolute atomic E-state index is 13.4. The molecule has 2 saturated heterocycles. The molecule has 762 valence electrons. The fraction of sp³-hybridized carbons (Fsp3) is 0.360. The molecule has 10 aliphatic rings. The molecule has 10 heterocycles. The number of sulfonamides is 3. The van der Waals surface area contributed by atoms with Crippen molar-refractivity contribution in [2.75, 3.05) is 67.4 Å². The Labute approximate surface area is 854 Å². The van der Waals surface area contributed by atoms with E-state index in [1.165, 1.54) is 13.5 Å². The summed E-state index contributed by atoms with van der Waals surface area (Å²) >= 11 is 0. The standard InChI is InChI=1S/C30H33N3O5S.C29H30N2O5S.C29H30N2O5.C26H26N2O5S.2H2/c1-33-17-3-5-24(33)13-16-31-39(35,36)25-10-7-21(8-11-25)26-6-2-4-23(32-26)19-29(34)30(14-15-30)22-9-12-27-28(18-22)38-20-37-27;1-20-4-3-15-31(18-20)37(33,34)24-10-7-21(8-11-24)25-6-2-5-23(30-25)17-28(32)29(13-14-29)22-9-12-26-27(16-22)36-19-35-26;1-28(2,3)36-27(33)31-16-19-5-4-6-20(13-19)21-7-9-23(30-17-21)15-26(32)29(11-12-29)22-8-10-24-25(14-22)35-18-34-24;1-16-17(2)22(28-14-21(16)18-4-7-20(8-5-18)34(30,31)27-3)13-25(29)26(10-11-26)19-6-9-23-24(12-19)33-15-32-23;;/h2,4,6-12,18,24,31H,3,5,13-17,19-20H2,1H3;2,5-12,16,20H,3-4,13-15,17-19H2,1H3;4-10,13-14,17H,11-12,15-16,18H2,1-3H3,(H,31,33);4-9,12,14,27H,10-11,13,15H2,1-3H3;2*1H. The predicted molar refractivity (Wildman–Crippen MR) is 553 cm³/mol. The summed E-state index contributed by atoms with van der Waals surface area (Å²) in [5.74, 6) is 6.65. The normalized spacial score (nSPS) is 17.9. The van der Waals surface area contributed by atoms with Crippen molar-refractivity contribution >= 4 is 59.3 Å². The van der Waals surface area contributed by atoms with E-state index >= 15 is 0 Å². The molecule has 0 bridgehead atoms. The first-order chi connectivity index (χ1) is 70.2. The Morgan fingerprint density at radius 3 is 1.32 bits per heavy atom. The number of alkyl carbamates (subject to hydrolysis) is 1. The van der Waals surface area contributed by atoms with E-state index in [0.29, 0.717) is 106 Å². The fourth-order valence-electron chi connectivity index (χ4n) is 20.1. The molecule has 6 fully saturated rings. The van der Waals surface area contributed by atoms with Crippen LogP contribution in [0.1, 0.15) is 176 Å². The van der Waals surface area contributed by atoms with Gasteiger partial charge in [0.05, 0.1) is 53.4 Å². The molecule has 8 aromatic carbocycles. The SMILES string of the molecule is CC(C)(C)OC(=O)NCc1cccc(-c2ccc(CC(=O)C3(c4ccc5c(c4)OCO5)CC3)nc2)c1.CC1CCCN(S(=O)(=O)c2ccc(-c3cccc(CC(=O)C4(c5ccc6c(c5)OCO6)CC4)n3)cc2)C1.CN1CCCC1CCNS(=O)(=O)c1ccc(-c2cccc(CC(=O)C3(c4ccc5c(c4)OCO5)CC3)n2)cc1.CNS(=O)(=O)c1ccc(-c2cnc(CC(=O)C3(c4ccc5c(c4)OCO5)CC3)c(C)c2C)cc1.[HH].[HH]. The van der Waals surface area contributed by atoms with E-state index in [1.54, 1.807) is 89.5 Å². The molecular weight excluding hydrogens is 1910 g/mol. The minimum atomic E-state index is -3.58. The average molecular weight is 2040 g/mol. The first kappa shape index (κ1) is 101. The number of hydrogen-bond donors (Lipinski definition) is 3. The zero-order valence-electron chi connectivity index (χ0n) is 83.1. The molecule has 4 aliphatic carbocycles. The minimum Gasteiger partial charge on any atom is -0.454 e. The summed E-state index contributed by atoms with van der Waals surface area (Å²) in [5.41, 5.74) is 14.1. The second-order valence-electron chi connectivity index (χ2n) is 40.3. The number of likely N-dealkylation sites (tertiary alicyclic amines) is 1. The van der Waals surface area contributed by atoms with Gasteiger partial charge in [0.1, 0.15) is 28.7 Å². The Hall–Kier alpha value is -13.6. The average Bonchev–Trinajstić information content (AvgIpc) is 1.60. The van der Waals surface area contributed by atoms with E-state index < -0.39 is 63.4 Å². The predicted octanol–water partition coefficient (Wildman–Crippen LogP) is 18.5. The number of nitrogens with zero attached hydrogens (tertiary/aromatic N) is 6. The Balaban J connectivity index is 0.000000134. The van der Waals surface area contributed by atoms with Crippen molar-refractivity contribution in [3.05, 3.63) is 293 Å². The number of carbonyl (C=O) groups is 5. The highest BCUT2D eigenvalue weighted by molar-refractivity contribution is 7.90. The van der Waals surface area contributed by atoms with Gasteiger partial charge in [-0.25, -0.2) is 39.5 Å². The molecule has 146 heavy (non-hydrogen) atoms. The Morgan fingerprint density at radius 1 is 0.445 bits per heavy atom. The van der Waals surface area contributed by atoms with Crippen LogP contribution in [0.4, 0.5) is 4.79 Å². The van der Waals surface area contributed by atoms with Gasteiger partial charge in [0.15, 0.2) is 46.0 Å². The Morgan fingerprint density at radius 2 is 0.877 bits per heavy atom. The number of Topliss-reactive ketones (excluding diaryl/α,β-unsaturated/α-hetero) is 4. The number of benzene rings is 8. The van der Waals surface area contributed by atoms with Gasteiger partial charge in [0.25, 0.3) is 0 Å². The second-order valence-corrected chi connectivity index (χ2v) is 45.9. The van der Waals surface area contributed by atoms with Crippen molar-refractivity contribution in [3.8, 4) is 90.8 Å². The summed E-state index contributed by atoms with van der Waals surface area (Å²) in [4.78, 5) is 87.1. The highest BCUT2D eigenvalue weighted by Crippen LogP contribution is 2.56. The Kier molecular flexibility index (Phi) is 28.9. The molecule has 0 spiro atoms. The van der Waals surface area contributed by atoms with Crippen molar-refractivity contribution < 1.29 is 94.7 Å². The number of ether oxygens (including phenoxy) is 9. The molecule has 4 aromatic heterocycles. The van der Waals surface area contributed by atoms with Crippen LogP contribution in [0.3, 0.4) is 0 Å². The van der Waals surface area contributed by atoms with E-state index in [1.807, 2.05) is 180 Å². The lowest BCUT2D eigenvalue weighted by Crippen LogP contribution is -2.39. The quantitative estimate of drug-likeness (QED) is 0.0363. The van der Waals surface area contributed by atoms with Gasteiger partial charge in [-0.1, -0.05) is 104 Å². The lowest BCUT2D eigenvalue weighted by molar-refractivity contribution is -0.121. The van der Waals surface area contributed by atoms with Gasteiger partial charge in [-0.2, -0.15) is 4.31 Å². The van der Waals surface area contributed by atoms with Crippen molar-refractivity contribution in [2.45, 2.75) is 205 Å². The van der Waals surface area contributed by atoms with E-state index in [-0.39, 0.29) is 88.6 Å². The van der Waals surface area contributed by atoms with Crippen LogP contribution in [0.25, 0.3) is 44.8 Å². The van der Waals surface area contributed by atoms with Gasteiger partial charge < -0.3 is 52.8 Å². The third-order valence-corrected chi connectivity index (χ3v) is 34.3. The van der Waals surface area contributed by atoms with Crippen molar-refractivity contribution in [3.63, 3.8) is 0 Å². The second kappa shape index (κ2) is 41.7. The summed E-state index contributed by atoms with van der Waals surface area (Å²) < 4.78 is 131. The summed E-state index contributed by atoms with van der Waals surface area (Å²) in [6, 6.07) is 66.9. The summed E-state index contributed by atoms with van der Waals surface area (Å²) in [5, 5.41) is 2.78. The molecule has 0 radical (unpaired) electrons. The van der Waals surface area contributed by atoms with Crippen molar-refractivity contribution in [2.24, 2.45) is 5.92 Å². The number of amides is 1. The fourth-order valence-corrected chi connectivity index (χ4v) is 23.5. The topological polar surface area (TPSA) is 365 Å². The number of piperidine rings is 1. The molecule has 22 rings (SSSR count). The van der Waals surface area contributed by atoms with E-state index in [4.69, 9.17) is 52.6 Å². The van der Waals surface area contributed by atoms with Crippen molar-refractivity contribution in [1.29, 1.82) is 0 Å². The number of carbonyl (C=O) groups excluding carboxylic acids is 5. The van der Waals surface area contributed by atoms with Crippen molar-refractivity contribution in [1.82, 2.24) is 43.9 Å². The maximum atomic E-state index is 13.4. The summed E-state index contributed by atoms with van der Waals surface area (Å²) in [7, 11) is -7.10. The third kappa shape index (κ3) is 22.2. The van der Waals surface area contributed by atoms with Crippen LogP contribution in [-0.2, 0) is 108 Å². The molecule has 3 N–H and O–H groups in total. The zero-order valence-corrected chi connectivity index (χ0v) is 85.5. The molecular formula is C114H123N9O20S3. The van der Waals surface area contributed by atoms with Gasteiger partial charge in [-0.3, -0.25) is 39.1 Å². The zero-order chi connectivity index (χ0) is 102. The molecule has 4 saturated carbocycles. The van der Waals surface area contributed by atoms with Crippen LogP contribution in [0.15, 0.2) is 245 Å². The number of aromatic nitrogens is 4. The van der Waals surface area contributed by atoms with Crippen LogP contribution in [-0.4, -0.2) is 163 Å². The van der Waals surface area contributed by atoms with Crippen LogP contribution < -0.4 is 52.7 Å². The lowest BCUT2D eigenvalue weighted by Gasteiger charge is -2.30. The van der Waals surface area contributed by atoms with Gasteiger partial charge in [-0.05, 0) is 316 Å². The number of rotatable bonds is 31. The van der Waals surface area contributed by atoms with Gasteiger partial charge in [-0.15, -0.1) is 0 Å². The Bertz CT molecular complexity index is 7370. The summed E-state index contributed by atoms with van der Waals surface area (Å²) in [6.45, 7) is 15.4. The number of nitrogens with one attached hydrogen (secondary N) is 3. The number of pyridine rings is 4. The van der Waals surface area contributed by atoms with E-state index in [9.17, 15) is 49.2 Å². The van der Waals surface area contributed by atoms with E-state index in [0.717, 1.165) is 173 Å². The molecule has 1 amide bonds. The molecule has 32 heteroatoms. The smallest absolute Gasteiger partial charge is 0.407 e. The highest BCUT2D eigenvalue weighted by atomic mass is 32.2. The number of fused-ring (bicyclic) bond motifs is 4. The molecule has 6 aliphatic heterocycles. The molecule has 12 aromatic rings. The number of hydrogen-bond acceptors (Lipinski definition) is 25. The molecule has 2 unspecified atom stereocenters. The summed E-state index contributed by atoms with van der Waals surface area (Å²) in [6.07, 6.45) is 15.8. The molecule has 29 nitrogen and oxygen atoms in total. The van der Waals surface area contributed by atoms with Gasteiger partial charge in [0.2, 0.25) is 57.2 Å². The van der Waals surface area contributed by atoms with Gasteiger partial charge in [0, 0.05) is 112 Å². The maximum Gasteiger partial charge on any atom is 0.407 e. The van der Waals surface area contributed by atoms with Crippen LogP contribution >= 0.6 is 0 Å². The van der Waals surface area contributed by atoms with Crippen LogP contribution in [0, 0.1) is 19.8 Å². The third-order valence-electron chi connectivity index (χ3n) is 29.5. The first-order valence-electron chi connectivity index (χ1n) is 49.7. The molecule has 2 atom stereocenters. The van der Waals surface area contributed by atoms with Crippen LogP contribution in [0.5, 0.6) is 46.0 Å². The minimum absolute atomic E-state index is 0. The van der Waals surface area contributed by atoms with Crippen LogP contribution in [0.2, 0.25) is 0 Å². The largest absolute Gasteiger partial charge is 0.454 e. The van der Waals surface area contributed by atoms with Gasteiger partial charge >= 0.3 is 6.09 Å².